The number of aliphatic hydroxyl groups is 1. The molecule has 5 nitrogen and oxygen atoms in total. The molecule has 0 aromatic rings. The molecule has 2 atom stereocenters. The largest absolute Gasteiger partial charge is 0.481 e. The minimum atomic E-state index is -2.26. The van der Waals surface area contributed by atoms with Crippen molar-refractivity contribution >= 4 is 11.9 Å². The summed E-state index contributed by atoms with van der Waals surface area (Å²) in [5.74, 6) is -3.01. The quantitative estimate of drug-likeness (QED) is 0.729. The summed E-state index contributed by atoms with van der Waals surface area (Å²) in [6.07, 6.45) is 6.33. The molecule has 19 heavy (non-hydrogen) atoms. The molecule has 1 rings (SSSR count). The van der Waals surface area contributed by atoms with E-state index in [-0.39, 0.29) is 5.92 Å². The molecule has 0 radical (unpaired) electrons. The van der Waals surface area contributed by atoms with Crippen molar-refractivity contribution in [2.45, 2.75) is 64.4 Å². The van der Waals surface area contributed by atoms with Gasteiger partial charge in [-0.25, -0.2) is 4.79 Å². The van der Waals surface area contributed by atoms with Crippen LogP contribution in [0.2, 0.25) is 0 Å². The van der Waals surface area contributed by atoms with Crippen molar-refractivity contribution in [1.29, 1.82) is 0 Å². The summed E-state index contributed by atoms with van der Waals surface area (Å²) >= 11 is 0. The fraction of sp³-hybridized carbons (Fsp3) is 0.857. The molecule has 2 unspecified atom stereocenters. The molecule has 1 saturated carbocycles. The Kier molecular flexibility index (Phi) is 4.96. The Labute approximate surface area is 113 Å². The van der Waals surface area contributed by atoms with Gasteiger partial charge in [0.05, 0.1) is 0 Å². The summed E-state index contributed by atoms with van der Waals surface area (Å²) in [6, 6.07) is 0. The van der Waals surface area contributed by atoms with Crippen molar-refractivity contribution in [2.75, 3.05) is 0 Å². The first-order valence-corrected chi connectivity index (χ1v) is 6.93. The summed E-state index contributed by atoms with van der Waals surface area (Å²) in [4.78, 5) is 22.9. The normalized spacial score (nSPS) is 24.6. The van der Waals surface area contributed by atoms with Gasteiger partial charge in [-0.3, -0.25) is 4.79 Å². The van der Waals surface area contributed by atoms with Gasteiger partial charge in [-0.1, -0.05) is 32.1 Å². The maximum atomic E-state index is 11.6. The highest BCUT2D eigenvalue weighted by Gasteiger charge is 2.58. The Morgan fingerprint density at radius 1 is 0.895 bits per heavy atom. The zero-order valence-corrected chi connectivity index (χ0v) is 11.7. The van der Waals surface area contributed by atoms with Gasteiger partial charge in [-0.05, 0) is 32.6 Å². The van der Waals surface area contributed by atoms with Crippen molar-refractivity contribution in [2.24, 2.45) is 11.3 Å². The fourth-order valence-electron chi connectivity index (χ4n) is 3.04. The van der Waals surface area contributed by atoms with E-state index in [0.717, 1.165) is 39.0 Å². The minimum Gasteiger partial charge on any atom is -0.481 e. The van der Waals surface area contributed by atoms with Crippen molar-refractivity contribution < 1.29 is 24.9 Å². The lowest BCUT2D eigenvalue weighted by Gasteiger charge is -2.42. The molecule has 3 N–H and O–H groups in total. The predicted octanol–water partition coefficient (Wildman–Crippen LogP) is 2.27. The van der Waals surface area contributed by atoms with E-state index in [2.05, 4.69) is 0 Å². The van der Waals surface area contributed by atoms with Crippen LogP contribution in [0.15, 0.2) is 0 Å². The lowest BCUT2D eigenvalue weighted by Crippen LogP contribution is -2.58. The van der Waals surface area contributed by atoms with Gasteiger partial charge in [-0.2, -0.15) is 0 Å². The van der Waals surface area contributed by atoms with Gasteiger partial charge in [0.25, 0.3) is 0 Å². The molecule has 0 bridgehead atoms. The summed E-state index contributed by atoms with van der Waals surface area (Å²) in [5.41, 5.74) is -3.92. The van der Waals surface area contributed by atoms with Crippen LogP contribution in [0, 0.1) is 11.3 Å². The van der Waals surface area contributed by atoms with E-state index in [9.17, 15) is 19.8 Å². The molecule has 1 fully saturated rings. The number of hydrogen-bond acceptors (Lipinski definition) is 3. The van der Waals surface area contributed by atoms with Crippen molar-refractivity contribution in [3.63, 3.8) is 0 Å². The summed E-state index contributed by atoms with van der Waals surface area (Å²) in [7, 11) is 0. The second-order valence-corrected chi connectivity index (χ2v) is 5.93. The SMILES string of the molecule is CC(O)(C(=O)O)C(C)(C(=O)O)C1CCCCCCC1. The molecule has 0 heterocycles. The van der Waals surface area contributed by atoms with E-state index >= 15 is 0 Å². The van der Waals surface area contributed by atoms with Gasteiger partial charge in [0, 0.05) is 0 Å². The van der Waals surface area contributed by atoms with Crippen LogP contribution in [-0.2, 0) is 9.59 Å². The maximum absolute atomic E-state index is 11.6. The van der Waals surface area contributed by atoms with Gasteiger partial charge < -0.3 is 15.3 Å². The molecule has 0 aromatic carbocycles. The molecule has 0 aliphatic heterocycles. The van der Waals surface area contributed by atoms with Crippen LogP contribution in [0.25, 0.3) is 0 Å². The molecule has 1 aliphatic rings. The molecule has 0 saturated heterocycles. The highest BCUT2D eigenvalue weighted by Crippen LogP contribution is 2.45. The first kappa shape index (κ1) is 16.0. The van der Waals surface area contributed by atoms with Crippen LogP contribution in [0.3, 0.4) is 0 Å². The Bertz CT molecular complexity index is 342. The first-order valence-electron chi connectivity index (χ1n) is 6.93. The zero-order valence-electron chi connectivity index (χ0n) is 11.7. The minimum absolute atomic E-state index is 0.309. The van der Waals surface area contributed by atoms with E-state index in [1.54, 1.807) is 0 Å². The average molecular weight is 272 g/mol. The Hall–Kier alpha value is -1.10. The molecule has 1 aliphatic carbocycles. The fourth-order valence-corrected chi connectivity index (χ4v) is 3.04. The van der Waals surface area contributed by atoms with Crippen molar-refractivity contribution in [1.82, 2.24) is 0 Å². The van der Waals surface area contributed by atoms with E-state index in [1.807, 2.05) is 0 Å². The van der Waals surface area contributed by atoms with Gasteiger partial charge in [-0.15, -0.1) is 0 Å². The van der Waals surface area contributed by atoms with Crippen molar-refractivity contribution in [3.8, 4) is 0 Å². The predicted molar refractivity (Wildman–Crippen MR) is 69.8 cm³/mol. The third kappa shape index (κ3) is 2.91. The van der Waals surface area contributed by atoms with Crippen LogP contribution in [0.4, 0.5) is 0 Å². The Balaban J connectivity index is 3.09. The van der Waals surface area contributed by atoms with Gasteiger partial charge in [0.1, 0.15) is 5.41 Å². The molecular formula is C14H24O5. The van der Waals surface area contributed by atoms with Gasteiger partial charge in [0.15, 0.2) is 5.60 Å². The van der Waals surface area contributed by atoms with Gasteiger partial charge >= 0.3 is 11.9 Å². The monoisotopic (exact) mass is 272 g/mol. The summed E-state index contributed by atoms with van der Waals surface area (Å²) in [5, 5.41) is 28.9. The zero-order chi connectivity index (χ0) is 14.7. The second kappa shape index (κ2) is 5.90. The Morgan fingerprint density at radius 2 is 1.32 bits per heavy atom. The molecule has 0 spiro atoms. The number of carboxylic acid groups (broad SMARTS) is 2. The third-order valence-corrected chi connectivity index (χ3v) is 4.79. The lowest BCUT2D eigenvalue weighted by molar-refractivity contribution is -0.192. The van der Waals surface area contributed by atoms with Crippen LogP contribution in [0.1, 0.15) is 58.8 Å². The van der Waals surface area contributed by atoms with Gasteiger partial charge in [0.2, 0.25) is 0 Å². The van der Waals surface area contributed by atoms with E-state index in [1.165, 1.54) is 6.92 Å². The van der Waals surface area contributed by atoms with E-state index in [4.69, 9.17) is 5.11 Å². The maximum Gasteiger partial charge on any atom is 0.336 e. The number of carbonyl (C=O) groups is 2. The topological polar surface area (TPSA) is 94.8 Å². The van der Waals surface area contributed by atoms with Crippen LogP contribution < -0.4 is 0 Å². The third-order valence-electron chi connectivity index (χ3n) is 4.79. The first-order chi connectivity index (χ1) is 8.74. The summed E-state index contributed by atoms with van der Waals surface area (Å²) < 4.78 is 0. The Morgan fingerprint density at radius 3 is 1.68 bits per heavy atom. The van der Waals surface area contributed by atoms with Crippen molar-refractivity contribution in [3.05, 3.63) is 0 Å². The van der Waals surface area contributed by atoms with Crippen LogP contribution in [0.5, 0.6) is 0 Å². The second-order valence-electron chi connectivity index (χ2n) is 5.93. The van der Waals surface area contributed by atoms with Crippen LogP contribution in [-0.4, -0.2) is 32.9 Å². The molecule has 0 amide bonds. The lowest BCUT2D eigenvalue weighted by atomic mass is 9.62. The smallest absolute Gasteiger partial charge is 0.336 e. The number of aliphatic carboxylic acids is 2. The number of carboxylic acids is 2. The highest BCUT2D eigenvalue weighted by atomic mass is 16.4. The summed E-state index contributed by atoms with van der Waals surface area (Å²) in [6.45, 7) is 2.47. The van der Waals surface area contributed by atoms with E-state index in [0.29, 0.717) is 12.8 Å². The standard InChI is InChI=1S/C14H24O5/c1-13(11(15)16,14(2,19)12(17)18)10-8-6-4-3-5-7-9-10/h10,19H,3-9H2,1-2H3,(H,15,16)(H,17,18). The highest BCUT2D eigenvalue weighted by molar-refractivity contribution is 5.88. The molecule has 110 valence electrons. The number of rotatable bonds is 4. The average Bonchev–Trinajstić information content (AvgIpc) is 2.26. The number of hydrogen-bond donors (Lipinski definition) is 3. The van der Waals surface area contributed by atoms with E-state index < -0.39 is 23.0 Å². The molecule has 5 heteroatoms. The molecule has 0 aromatic heterocycles. The van der Waals surface area contributed by atoms with Crippen LogP contribution >= 0.6 is 0 Å². The molecular weight excluding hydrogens is 248 g/mol.